The zero-order valence-electron chi connectivity index (χ0n) is 11.5. The molecule has 0 aliphatic heterocycles. The summed E-state index contributed by atoms with van der Waals surface area (Å²) in [6, 6.07) is 0. The topological polar surface area (TPSA) is 134 Å². The van der Waals surface area contributed by atoms with Crippen LogP contribution in [0.15, 0.2) is 0 Å². The third-order valence-corrected chi connectivity index (χ3v) is 2.69. The molecule has 0 aliphatic carbocycles. The van der Waals surface area contributed by atoms with Crippen LogP contribution in [0.5, 0.6) is 0 Å². The molecule has 2 atom stereocenters. The molecule has 0 saturated heterocycles. The highest BCUT2D eigenvalue weighted by Crippen LogP contribution is 2.34. The Kier molecular flexibility index (Phi) is 12.4. The van der Waals surface area contributed by atoms with E-state index in [0.717, 1.165) is 0 Å². The largest absolute Gasteiger partial charge is 0.367 e. The van der Waals surface area contributed by atoms with Crippen molar-refractivity contribution >= 4 is 30.9 Å². The molecule has 0 rings (SSSR count). The Morgan fingerprint density at radius 1 is 0.850 bits per heavy atom. The fraction of sp³-hybridized carbons (Fsp3) is 1.00. The minimum absolute atomic E-state index is 0.264. The second-order valence-corrected chi connectivity index (χ2v) is 7.19. The van der Waals surface area contributed by atoms with Gasteiger partial charge < -0.3 is 29.0 Å². The van der Waals surface area contributed by atoms with Gasteiger partial charge in [0.1, 0.15) is 12.7 Å². The Labute approximate surface area is 121 Å². The van der Waals surface area contributed by atoms with Gasteiger partial charge in [-0.15, -0.1) is 0 Å². The second-order valence-electron chi connectivity index (χ2n) is 4.01. The highest BCUT2D eigenvalue weighted by molar-refractivity contribution is 7.51. The number of hydrogen-bond acceptors (Lipinski definition) is 4. The Morgan fingerprint density at radius 2 is 1.10 bits per heavy atom. The molecule has 8 nitrogen and oxygen atoms in total. The molecular weight excluding hydrogens is 308 g/mol. The quantitative estimate of drug-likeness (QED) is 0.367. The molecular formula is C8H20B2O8P2. The molecule has 0 aromatic rings. The first-order valence-corrected chi connectivity index (χ1v) is 9.23. The van der Waals surface area contributed by atoms with E-state index in [2.05, 4.69) is 9.47 Å². The molecule has 0 bridgehead atoms. The van der Waals surface area contributed by atoms with E-state index in [1.807, 2.05) is 0 Å². The fourth-order valence-electron chi connectivity index (χ4n) is 0.585. The van der Waals surface area contributed by atoms with E-state index in [-0.39, 0.29) is 24.8 Å². The van der Waals surface area contributed by atoms with Gasteiger partial charge in [-0.05, 0) is 13.8 Å². The van der Waals surface area contributed by atoms with Gasteiger partial charge in [0.05, 0.1) is 15.7 Å². The van der Waals surface area contributed by atoms with Crippen molar-refractivity contribution in [2.75, 3.05) is 12.7 Å². The van der Waals surface area contributed by atoms with Crippen LogP contribution in [0.2, 0.25) is 12.6 Å². The summed E-state index contributed by atoms with van der Waals surface area (Å²) in [5.41, 5.74) is 0. The van der Waals surface area contributed by atoms with E-state index >= 15 is 0 Å². The van der Waals surface area contributed by atoms with Gasteiger partial charge >= 0.3 is 15.2 Å². The Bertz CT molecular complexity index is 298. The first-order valence-electron chi connectivity index (χ1n) is 5.63. The molecule has 2 unspecified atom stereocenters. The summed E-state index contributed by atoms with van der Waals surface area (Å²) in [6.45, 7) is 3.30. The summed E-state index contributed by atoms with van der Waals surface area (Å²) < 4.78 is 29.7. The van der Waals surface area contributed by atoms with Crippen LogP contribution in [-0.4, -0.2) is 60.2 Å². The lowest BCUT2D eigenvalue weighted by Crippen LogP contribution is -2.08. The van der Waals surface area contributed by atoms with Gasteiger partial charge in [0.25, 0.3) is 0 Å². The maximum absolute atomic E-state index is 10.2. The lowest BCUT2D eigenvalue weighted by molar-refractivity contribution is 0.102. The standard InChI is InChI=1S/2C4H10BO4P/c2*1-4(2-5)9-3-10(6,7)8/h2*4H,2-3H2,1H3,(H2,6,7,8). The summed E-state index contributed by atoms with van der Waals surface area (Å²) in [4.78, 5) is 33.2. The monoisotopic (exact) mass is 328 g/mol. The number of ether oxygens (including phenoxy) is 2. The molecule has 4 radical (unpaired) electrons. The van der Waals surface area contributed by atoms with Crippen molar-refractivity contribution in [1.29, 1.82) is 0 Å². The average Bonchev–Trinajstić information content (AvgIpc) is 2.31. The predicted molar refractivity (Wildman–Crippen MR) is 76.0 cm³/mol. The zero-order chi connectivity index (χ0) is 16.4. The molecule has 0 saturated carbocycles. The molecule has 0 aromatic carbocycles. The van der Waals surface area contributed by atoms with Crippen LogP contribution in [0.1, 0.15) is 13.8 Å². The van der Waals surface area contributed by atoms with Crippen LogP contribution in [0.4, 0.5) is 0 Å². The SMILES string of the molecule is [B]CC(C)OCP(=O)(O)O.[B]CC(C)OCP(=O)(O)O. The van der Waals surface area contributed by atoms with E-state index in [0.29, 0.717) is 0 Å². The van der Waals surface area contributed by atoms with Crippen molar-refractivity contribution in [1.82, 2.24) is 0 Å². The molecule has 0 fully saturated rings. The van der Waals surface area contributed by atoms with E-state index in [1.54, 1.807) is 13.8 Å². The Morgan fingerprint density at radius 3 is 1.25 bits per heavy atom. The maximum Gasteiger partial charge on any atom is 0.350 e. The Hall–Kier alpha value is 0.350. The predicted octanol–water partition coefficient (Wildman–Crippen LogP) is 0.227. The molecule has 0 spiro atoms. The highest BCUT2D eigenvalue weighted by atomic mass is 31.2. The van der Waals surface area contributed by atoms with Gasteiger partial charge in [-0.2, -0.15) is 0 Å². The van der Waals surface area contributed by atoms with E-state index in [4.69, 9.17) is 35.3 Å². The van der Waals surface area contributed by atoms with E-state index < -0.39 is 27.9 Å². The Balaban J connectivity index is 0. The van der Waals surface area contributed by atoms with Gasteiger partial charge in [-0.25, -0.2) is 0 Å². The molecule has 12 heteroatoms. The van der Waals surface area contributed by atoms with Crippen LogP contribution >= 0.6 is 15.2 Å². The van der Waals surface area contributed by atoms with Crippen LogP contribution in [0.25, 0.3) is 0 Å². The smallest absolute Gasteiger partial charge is 0.350 e. The molecule has 0 heterocycles. The van der Waals surface area contributed by atoms with Gasteiger partial charge in [-0.1, -0.05) is 12.6 Å². The summed E-state index contributed by atoms with van der Waals surface area (Å²) in [5.74, 6) is 0. The van der Waals surface area contributed by atoms with Gasteiger partial charge in [-0.3, -0.25) is 9.13 Å². The second kappa shape index (κ2) is 11.0. The van der Waals surface area contributed by atoms with Crippen LogP contribution in [0.3, 0.4) is 0 Å². The lowest BCUT2D eigenvalue weighted by Gasteiger charge is -2.10. The minimum Gasteiger partial charge on any atom is -0.367 e. The molecule has 116 valence electrons. The van der Waals surface area contributed by atoms with Crippen molar-refractivity contribution in [2.45, 2.75) is 38.7 Å². The molecule has 0 amide bonds. The zero-order valence-corrected chi connectivity index (χ0v) is 13.2. The van der Waals surface area contributed by atoms with E-state index in [9.17, 15) is 9.13 Å². The van der Waals surface area contributed by atoms with Crippen molar-refractivity contribution in [3.63, 3.8) is 0 Å². The molecule has 20 heavy (non-hydrogen) atoms. The summed E-state index contributed by atoms with van der Waals surface area (Å²) in [7, 11) is 2.23. The first kappa shape index (κ1) is 22.6. The average molecular weight is 328 g/mol. The number of rotatable bonds is 8. The lowest BCUT2D eigenvalue weighted by atomic mass is 10.0. The van der Waals surface area contributed by atoms with Gasteiger partial charge in [0.15, 0.2) is 0 Å². The molecule has 4 N–H and O–H groups in total. The third kappa shape index (κ3) is 20.7. The number of hydrogen-bond donors (Lipinski definition) is 4. The van der Waals surface area contributed by atoms with Crippen molar-refractivity contribution < 1.29 is 38.2 Å². The van der Waals surface area contributed by atoms with Crippen LogP contribution < -0.4 is 0 Å². The van der Waals surface area contributed by atoms with Gasteiger partial charge in [0.2, 0.25) is 0 Å². The molecule has 0 aliphatic rings. The molecule has 0 aromatic heterocycles. The summed E-state index contributed by atoms with van der Waals surface area (Å²) in [6.07, 6.45) is -1.17. The van der Waals surface area contributed by atoms with Crippen molar-refractivity contribution in [2.24, 2.45) is 0 Å². The van der Waals surface area contributed by atoms with Gasteiger partial charge in [0, 0.05) is 12.2 Å². The van der Waals surface area contributed by atoms with Crippen molar-refractivity contribution in [3.05, 3.63) is 0 Å². The summed E-state index contributed by atoms with van der Waals surface area (Å²) >= 11 is 0. The fourth-order valence-corrected chi connectivity index (χ4v) is 1.48. The van der Waals surface area contributed by atoms with Crippen molar-refractivity contribution in [3.8, 4) is 0 Å². The normalized spacial score (nSPS) is 15.1. The summed E-state index contributed by atoms with van der Waals surface area (Å²) in [5, 5.41) is 0. The highest BCUT2D eigenvalue weighted by Gasteiger charge is 2.14. The minimum atomic E-state index is -4.01. The maximum atomic E-state index is 10.2. The van der Waals surface area contributed by atoms with E-state index in [1.165, 1.54) is 0 Å². The first-order chi connectivity index (χ1) is 8.91. The third-order valence-electron chi connectivity index (χ3n) is 1.72. The van der Waals surface area contributed by atoms with Crippen LogP contribution in [0, 0.1) is 0 Å². The van der Waals surface area contributed by atoms with Crippen LogP contribution in [-0.2, 0) is 18.6 Å².